The molecule has 1 aromatic heterocycles. The van der Waals surface area contributed by atoms with E-state index in [9.17, 15) is 13.2 Å². The summed E-state index contributed by atoms with van der Waals surface area (Å²) in [6.45, 7) is 2.48. The van der Waals surface area contributed by atoms with Gasteiger partial charge in [0, 0.05) is 17.9 Å². The van der Waals surface area contributed by atoms with Crippen LogP contribution in [0, 0.1) is 6.92 Å². The number of sulfonamides is 1. The lowest BCUT2D eigenvalue weighted by molar-refractivity contribution is 0.0989. The van der Waals surface area contributed by atoms with E-state index in [0.717, 1.165) is 29.7 Å². The van der Waals surface area contributed by atoms with Gasteiger partial charge in [0.1, 0.15) is 10.6 Å². The highest BCUT2D eigenvalue weighted by atomic mass is 32.2. The van der Waals surface area contributed by atoms with E-state index in [1.165, 1.54) is 18.4 Å². The molecule has 2 heterocycles. The quantitative estimate of drug-likeness (QED) is 0.633. The fourth-order valence-electron chi connectivity index (χ4n) is 3.61. The molecule has 0 radical (unpaired) electrons. The standard InChI is InChI=1S/C22H22N2O4S2/c1-15-7-10-19(28-2)21(13-15)30(26,27)23-17-8-9-18-16(14-17)5-3-11-24(18)22(25)20-6-4-12-29-20/h4,6-10,12-14,23H,3,5,11H2,1-2H3. The number of nitrogens with zero attached hydrogens (tertiary/aromatic N) is 1. The molecule has 6 nitrogen and oxygen atoms in total. The van der Waals surface area contributed by atoms with Crippen LogP contribution in [-0.4, -0.2) is 28.0 Å². The molecule has 0 saturated carbocycles. The summed E-state index contributed by atoms with van der Waals surface area (Å²) >= 11 is 1.42. The molecule has 1 aliphatic rings. The third-order valence-corrected chi connectivity index (χ3v) is 7.30. The van der Waals surface area contributed by atoms with Crippen molar-refractivity contribution in [2.24, 2.45) is 0 Å². The molecule has 0 saturated heterocycles. The molecule has 3 aromatic rings. The van der Waals surface area contributed by atoms with E-state index < -0.39 is 10.0 Å². The van der Waals surface area contributed by atoms with Crippen molar-refractivity contribution >= 4 is 38.6 Å². The Morgan fingerprint density at radius 1 is 1.17 bits per heavy atom. The molecular weight excluding hydrogens is 420 g/mol. The van der Waals surface area contributed by atoms with Gasteiger partial charge in [0.05, 0.1) is 12.0 Å². The van der Waals surface area contributed by atoms with Crippen molar-refractivity contribution in [3.63, 3.8) is 0 Å². The van der Waals surface area contributed by atoms with Crippen LogP contribution in [0.1, 0.15) is 27.2 Å². The summed E-state index contributed by atoms with van der Waals surface area (Å²) in [7, 11) is -2.38. The molecule has 1 amide bonds. The predicted octanol–water partition coefficient (Wildman–Crippen LogP) is 4.46. The van der Waals surface area contributed by atoms with Gasteiger partial charge in [-0.2, -0.15) is 0 Å². The van der Waals surface area contributed by atoms with Crippen molar-refractivity contribution in [2.45, 2.75) is 24.7 Å². The Morgan fingerprint density at radius 3 is 2.73 bits per heavy atom. The highest BCUT2D eigenvalue weighted by molar-refractivity contribution is 7.92. The maximum Gasteiger partial charge on any atom is 0.268 e. The number of amides is 1. The van der Waals surface area contributed by atoms with Gasteiger partial charge in [-0.1, -0.05) is 12.1 Å². The fraction of sp³-hybridized carbons (Fsp3) is 0.227. The third kappa shape index (κ3) is 3.93. The first-order valence-corrected chi connectivity index (χ1v) is 11.9. The zero-order chi connectivity index (χ0) is 21.3. The summed E-state index contributed by atoms with van der Waals surface area (Å²) in [6, 6.07) is 14.0. The van der Waals surface area contributed by atoms with Crippen LogP contribution in [0.5, 0.6) is 5.75 Å². The lowest BCUT2D eigenvalue weighted by atomic mass is 10.0. The summed E-state index contributed by atoms with van der Waals surface area (Å²) < 4.78 is 33.8. The summed E-state index contributed by atoms with van der Waals surface area (Å²) in [5.74, 6) is 0.266. The predicted molar refractivity (Wildman–Crippen MR) is 119 cm³/mol. The van der Waals surface area contributed by atoms with Gasteiger partial charge < -0.3 is 9.64 Å². The maximum atomic E-state index is 13.0. The van der Waals surface area contributed by atoms with Crippen LogP contribution >= 0.6 is 11.3 Å². The molecule has 2 aromatic carbocycles. The van der Waals surface area contributed by atoms with Crippen molar-refractivity contribution in [2.75, 3.05) is 23.3 Å². The molecule has 1 aliphatic heterocycles. The second-order valence-corrected chi connectivity index (χ2v) is 9.74. The van der Waals surface area contributed by atoms with E-state index in [1.54, 1.807) is 29.2 Å². The molecule has 4 rings (SSSR count). The molecular formula is C22H22N2O4S2. The van der Waals surface area contributed by atoms with Crippen molar-refractivity contribution in [3.05, 3.63) is 69.9 Å². The van der Waals surface area contributed by atoms with E-state index in [1.807, 2.05) is 36.6 Å². The topological polar surface area (TPSA) is 75.7 Å². The Hall–Kier alpha value is -2.84. The molecule has 1 N–H and O–H groups in total. The molecule has 0 fully saturated rings. The summed E-state index contributed by atoms with van der Waals surface area (Å²) in [6.07, 6.45) is 1.61. The molecule has 0 atom stereocenters. The Kier molecular flexibility index (Phi) is 5.53. The summed E-state index contributed by atoms with van der Waals surface area (Å²) in [4.78, 5) is 15.4. The number of fused-ring (bicyclic) bond motifs is 1. The number of carbonyl (C=O) groups is 1. The van der Waals surface area contributed by atoms with Crippen LogP contribution < -0.4 is 14.4 Å². The number of thiophene rings is 1. The van der Waals surface area contributed by atoms with Gasteiger partial charge in [0.25, 0.3) is 15.9 Å². The number of rotatable bonds is 5. The van der Waals surface area contributed by atoms with Gasteiger partial charge in [0.15, 0.2) is 0 Å². The molecule has 0 spiro atoms. The number of nitrogens with one attached hydrogen (secondary N) is 1. The minimum absolute atomic E-state index is 0.0243. The maximum absolute atomic E-state index is 13.0. The minimum atomic E-state index is -3.82. The van der Waals surface area contributed by atoms with Crippen LogP contribution in [0.25, 0.3) is 0 Å². The number of aryl methyl sites for hydroxylation is 2. The summed E-state index contributed by atoms with van der Waals surface area (Å²) in [5, 5.41) is 1.88. The fourth-order valence-corrected chi connectivity index (χ4v) is 5.59. The Balaban J connectivity index is 1.63. The molecule has 0 bridgehead atoms. The smallest absolute Gasteiger partial charge is 0.268 e. The lowest BCUT2D eigenvalue weighted by Crippen LogP contribution is -2.35. The normalized spacial score (nSPS) is 13.6. The van der Waals surface area contributed by atoms with E-state index in [0.29, 0.717) is 22.9 Å². The number of carbonyl (C=O) groups excluding carboxylic acids is 1. The lowest BCUT2D eigenvalue weighted by Gasteiger charge is -2.29. The Bertz CT molecular complexity index is 1190. The highest BCUT2D eigenvalue weighted by Crippen LogP contribution is 2.33. The average Bonchev–Trinajstić information content (AvgIpc) is 3.27. The Morgan fingerprint density at radius 2 is 2.00 bits per heavy atom. The summed E-state index contributed by atoms with van der Waals surface area (Å²) in [5.41, 5.74) is 3.06. The largest absolute Gasteiger partial charge is 0.495 e. The van der Waals surface area contributed by atoms with Crippen LogP contribution in [0.3, 0.4) is 0 Å². The number of hydrogen-bond donors (Lipinski definition) is 1. The number of methoxy groups -OCH3 is 1. The minimum Gasteiger partial charge on any atom is -0.495 e. The SMILES string of the molecule is COc1ccc(C)cc1S(=O)(=O)Nc1ccc2c(c1)CCCN2C(=O)c1cccs1. The van der Waals surface area contributed by atoms with Crippen LogP contribution in [0.4, 0.5) is 11.4 Å². The van der Waals surface area contributed by atoms with Gasteiger partial charge in [-0.15, -0.1) is 11.3 Å². The number of hydrogen-bond acceptors (Lipinski definition) is 5. The van der Waals surface area contributed by atoms with E-state index in [2.05, 4.69) is 4.72 Å². The van der Waals surface area contributed by atoms with Crippen molar-refractivity contribution in [3.8, 4) is 5.75 Å². The van der Waals surface area contributed by atoms with Gasteiger partial charge in [0.2, 0.25) is 0 Å². The van der Waals surface area contributed by atoms with Crippen molar-refractivity contribution < 1.29 is 17.9 Å². The molecule has 30 heavy (non-hydrogen) atoms. The first-order valence-electron chi connectivity index (χ1n) is 9.55. The van der Waals surface area contributed by atoms with Crippen LogP contribution in [-0.2, 0) is 16.4 Å². The molecule has 8 heteroatoms. The first-order chi connectivity index (χ1) is 14.4. The second kappa shape index (κ2) is 8.12. The van der Waals surface area contributed by atoms with Crippen molar-refractivity contribution in [1.82, 2.24) is 0 Å². The number of anilines is 2. The van der Waals surface area contributed by atoms with Crippen LogP contribution in [0.2, 0.25) is 0 Å². The third-order valence-electron chi connectivity index (χ3n) is 5.04. The van der Waals surface area contributed by atoms with E-state index >= 15 is 0 Å². The molecule has 156 valence electrons. The number of benzene rings is 2. The van der Waals surface area contributed by atoms with E-state index in [4.69, 9.17) is 4.74 Å². The highest BCUT2D eigenvalue weighted by Gasteiger charge is 2.25. The average molecular weight is 443 g/mol. The second-order valence-electron chi connectivity index (χ2n) is 7.14. The first kappa shape index (κ1) is 20.4. The van der Waals surface area contributed by atoms with E-state index in [-0.39, 0.29) is 10.8 Å². The van der Waals surface area contributed by atoms with Crippen LogP contribution in [0.15, 0.2) is 58.8 Å². The van der Waals surface area contributed by atoms with Gasteiger partial charge in [-0.25, -0.2) is 8.42 Å². The van der Waals surface area contributed by atoms with Gasteiger partial charge in [-0.05, 0) is 72.7 Å². The zero-order valence-corrected chi connectivity index (χ0v) is 18.3. The zero-order valence-electron chi connectivity index (χ0n) is 16.7. The molecule has 0 unspecified atom stereocenters. The Labute approximate surface area is 180 Å². The number of ether oxygens (including phenoxy) is 1. The molecule has 0 aliphatic carbocycles. The monoisotopic (exact) mass is 442 g/mol. The van der Waals surface area contributed by atoms with Crippen molar-refractivity contribution in [1.29, 1.82) is 0 Å². The van der Waals surface area contributed by atoms with Gasteiger partial charge >= 0.3 is 0 Å². The van der Waals surface area contributed by atoms with Gasteiger partial charge in [-0.3, -0.25) is 9.52 Å².